The Morgan fingerprint density at radius 3 is 1.47 bits per heavy atom. The molecule has 25 heteroatoms. The second kappa shape index (κ2) is 28.9. The predicted molar refractivity (Wildman–Crippen MR) is 257 cm³/mol. The minimum Gasteiger partial charge on any atom is -0.394 e. The summed E-state index contributed by atoms with van der Waals surface area (Å²) >= 11 is 0. The third-order valence-electron chi connectivity index (χ3n) is 14.4. The summed E-state index contributed by atoms with van der Waals surface area (Å²) in [4.78, 5) is 0. The van der Waals surface area contributed by atoms with Gasteiger partial charge in [0.1, 0.15) is 110 Å². The normalized spacial score (nSPS) is 44.3. The molecule has 0 saturated carbocycles. The minimum atomic E-state index is -1.84. The molecule has 0 spiro atoms. The van der Waals surface area contributed by atoms with Crippen LogP contribution in [0, 0.1) is 0 Å². The van der Waals surface area contributed by atoms with Gasteiger partial charge < -0.3 is 124 Å². The van der Waals surface area contributed by atoms with Gasteiger partial charge in [0.15, 0.2) is 31.5 Å². The van der Waals surface area contributed by atoms with Crippen LogP contribution in [0.4, 0.5) is 0 Å². The molecule has 0 amide bonds. The zero-order chi connectivity index (χ0) is 55.6. The van der Waals surface area contributed by atoms with Gasteiger partial charge in [-0.25, -0.2) is 0 Å². The van der Waals surface area contributed by atoms with E-state index in [0.717, 1.165) is 36.0 Å². The predicted octanol–water partition coefficient (Wildman–Crippen LogP) is -3.73. The van der Waals surface area contributed by atoms with Crippen LogP contribution >= 0.6 is 0 Å². The van der Waals surface area contributed by atoms with Gasteiger partial charge >= 0.3 is 0 Å². The first-order valence-corrected chi connectivity index (χ1v) is 25.5. The van der Waals surface area contributed by atoms with Crippen LogP contribution < -0.4 is 0 Å². The zero-order valence-electron chi connectivity index (χ0n) is 43.3. The Balaban J connectivity index is 1.06. The summed E-state index contributed by atoms with van der Waals surface area (Å²) in [7, 11) is 0. The number of aliphatic hydroxyl groups is 15. The van der Waals surface area contributed by atoms with E-state index in [4.69, 9.17) is 47.4 Å². The first-order valence-electron chi connectivity index (χ1n) is 25.5. The van der Waals surface area contributed by atoms with Gasteiger partial charge in [-0.2, -0.15) is 0 Å². The van der Waals surface area contributed by atoms with Crippen molar-refractivity contribution in [1.82, 2.24) is 0 Å². The van der Waals surface area contributed by atoms with E-state index in [1.165, 1.54) is 19.9 Å². The number of aliphatic hydroxyl groups excluding tert-OH is 15. The molecule has 75 heavy (non-hydrogen) atoms. The van der Waals surface area contributed by atoms with Crippen molar-refractivity contribution in [3.05, 3.63) is 47.6 Å². The summed E-state index contributed by atoms with van der Waals surface area (Å²) in [5.41, 5.74) is 1.99. The van der Waals surface area contributed by atoms with E-state index < -0.39 is 179 Å². The van der Waals surface area contributed by atoms with Crippen LogP contribution in [0.3, 0.4) is 0 Å². The van der Waals surface area contributed by atoms with E-state index in [1.807, 2.05) is 26.8 Å². The van der Waals surface area contributed by atoms with Crippen molar-refractivity contribution >= 4 is 0 Å². The van der Waals surface area contributed by atoms with Crippen molar-refractivity contribution in [2.24, 2.45) is 0 Å². The van der Waals surface area contributed by atoms with Crippen LogP contribution in [0.25, 0.3) is 0 Å². The monoisotopic (exact) mass is 1080 g/mol. The highest BCUT2D eigenvalue weighted by Crippen LogP contribution is 2.35. The van der Waals surface area contributed by atoms with Crippen LogP contribution in [0.2, 0.25) is 0 Å². The summed E-state index contributed by atoms with van der Waals surface area (Å²) in [5.74, 6) is 0. The summed E-state index contributed by atoms with van der Waals surface area (Å²) in [6.07, 6.45) is -26.3. The second-order valence-electron chi connectivity index (χ2n) is 20.5. The molecule has 0 aliphatic carbocycles. The highest BCUT2D eigenvalue weighted by atomic mass is 16.8. The van der Waals surface area contributed by atoms with E-state index in [1.54, 1.807) is 6.92 Å². The Hall–Kier alpha value is -2.04. The molecule has 26 atom stereocenters. The molecule has 0 aromatic carbocycles. The first-order chi connectivity index (χ1) is 35.4. The maximum Gasteiger partial charge on any atom is 0.188 e. The lowest BCUT2D eigenvalue weighted by Crippen LogP contribution is -2.65. The second-order valence-corrected chi connectivity index (χ2v) is 20.5. The fraction of sp³-hybridized carbons (Fsp3) is 0.840. The zero-order valence-corrected chi connectivity index (χ0v) is 43.3. The van der Waals surface area contributed by atoms with Crippen molar-refractivity contribution < 1.29 is 124 Å². The van der Waals surface area contributed by atoms with Crippen LogP contribution in [-0.2, 0) is 47.4 Å². The minimum absolute atomic E-state index is 0.0463. The molecule has 5 aliphatic heterocycles. The van der Waals surface area contributed by atoms with Gasteiger partial charge in [-0.15, -0.1) is 6.58 Å². The standard InChI is InChI=1S/C50H84O25/c1-8-50(7,75-49-44(38(61)33(56)28(19-52)71-49)74-47-40(63)36(59)32(55)27(18-51)70-47)17-11-16-23(3)13-9-12-22(2)14-10-15-24(4)20-66-46-42(65)43(31(54)26(6)69-46)73-48-41(64)37(60)34(57)29(72-48)21-67-45-39(62)35(58)30(53)25(5)68-45/h8,12,15-16,25-49,51-65H,1,9-11,13-14,17-21H2,2-7H3/b22-12-,23-16+,24-15+. The van der Waals surface area contributed by atoms with Gasteiger partial charge in [0.25, 0.3) is 0 Å². The van der Waals surface area contributed by atoms with Crippen LogP contribution in [0.15, 0.2) is 47.6 Å². The fourth-order valence-corrected chi connectivity index (χ4v) is 9.24. The lowest BCUT2D eigenvalue weighted by Gasteiger charge is -2.47. The van der Waals surface area contributed by atoms with Crippen LogP contribution in [0.5, 0.6) is 0 Å². The topological polar surface area (TPSA) is 396 Å². The number of ether oxygens (including phenoxy) is 10. The van der Waals surface area contributed by atoms with Crippen molar-refractivity contribution in [2.45, 2.75) is 239 Å². The van der Waals surface area contributed by atoms with Gasteiger partial charge in [0.05, 0.1) is 44.2 Å². The maximum absolute atomic E-state index is 11.3. The van der Waals surface area contributed by atoms with E-state index in [2.05, 4.69) is 18.7 Å². The van der Waals surface area contributed by atoms with Crippen molar-refractivity contribution in [2.75, 3.05) is 26.4 Å². The number of allylic oxidation sites excluding steroid dienone is 5. The van der Waals surface area contributed by atoms with Gasteiger partial charge in [0, 0.05) is 0 Å². The molecule has 0 radical (unpaired) electrons. The SMILES string of the molecule is C=CC(C)(CC/C=C(\C)CC/C=C(/C)CC/C=C(\C)COC1OC(C)C(O)C(OC2OC(COC3OC(C)C(O)C(O)C3O)C(O)C(O)C2O)C1O)OC1OC(CO)C(O)C(O)C1OC1OC(CO)C(O)C(O)C1O. The van der Waals surface area contributed by atoms with Crippen molar-refractivity contribution in [3.63, 3.8) is 0 Å². The number of rotatable bonds is 24. The Morgan fingerprint density at radius 1 is 0.467 bits per heavy atom. The highest BCUT2D eigenvalue weighted by molar-refractivity contribution is 5.08. The first kappa shape index (κ1) is 63.8. The third kappa shape index (κ3) is 16.3. The largest absolute Gasteiger partial charge is 0.394 e. The highest BCUT2D eigenvalue weighted by Gasteiger charge is 2.54. The molecule has 0 bridgehead atoms. The molecule has 5 fully saturated rings. The Bertz CT molecular complexity index is 1840. The lowest BCUT2D eigenvalue weighted by atomic mass is 9.95. The molecular weight excluding hydrogens is 1000 g/mol. The Kier molecular flexibility index (Phi) is 24.6. The maximum atomic E-state index is 11.3. The molecule has 434 valence electrons. The van der Waals surface area contributed by atoms with Crippen molar-refractivity contribution in [1.29, 1.82) is 0 Å². The van der Waals surface area contributed by atoms with E-state index in [0.29, 0.717) is 19.3 Å². The lowest BCUT2D eigenvalue weighted by molar-refractivity contribution is -0.375. The smallest absolute Gasteiger partial charge is 0.188 e. The number of hydrogen-bond donors (Lipinski definition) is 15. The summed E-state index contributed by atoms with van der Waals surface area (Å²) in [6, 6.07) is 0. The summed E-state index contributed by atoms with van der Waals surface area (Å²) in [5, 5.41) is 157. The van der Waals surface area contributed by atoms with Gasteiger partial charge in [-0.3, -0.25) is 0 Å². The fourth-order valence-electron chi connectivity index (χ4n) is 9.24. The molecule has 26 unspecified atom stereocenters. The average molecular weight is 1090 g/mol. The number of hydrogen-bond acceptors (Lipinski definition) is 25. The Labute approximate surface area is 436 Å². The van der Waals surface area contributed by atoms with Crippen LogP contribution in [0.1, 0.15) is 80.1 Å². The third-order valence-corrected chi connectivity index (χ3v) is 14.4. The molecule has 25 nitrogen and oxygen atoms in total. The molecule has 15 N–H and O–H groups in total. The Morgan fingerprint density at radius 2 is 0.907 bits per heavy atom. The molecule has 5 aliphatic rings. The van der Waals surface area contributed by atoms with Crippen LogP contribution in [-0.4, -0.2) is 262 Å². The molecule has 5 heterocycles. The average Bonchev–Trinajstić information content (AvgIpc) is 3.38. The summed E-state index contributed by atoms with van der Waals surface area (Å²) < 4.78 is 57.5. The molecular formula is C50H84O25. The van der Waals surface area contributed by atoms with E-state index in [9.17, 15) is 76.6 Å². The van der Waals surface area contributed by atoms with E-state index >= 15 is 0 Å². The van der Waals surface area contributed by atoms with Gasteiger partial charge in [-0.05, 0) is 80.1 Å². The quantitative estimate of drug-likeness (QED) is 0.0413. The van der Waals surface area contributed by atoms with Crippen molar-refractivity contribution in [3.8, 4) is 0 Å². The molecule has 0 aromatic heterocycles. The van der Waals surface area contributed by atoms with Gasteiger partial charge in [-0.1, -0.05) is 41.0 Å². The van der Waals surface area contributed by atoms with E-state index in [-0.39, 0.29) is 6.61 Å². The molecule has 5 saturated heterocycles. The summed E-state index contributed by atoms with van der Waals surface area (Å²) in [6.45, 7) is 12.6. The van der Waals surface area contributed by atoms with Gasteiger partial charge in [0.2, 0.25) is 0 Å². The molecule has 5 rings (SSSR count). The molecule has 0 aromatic rings.